The molecule has 47 heavy (non-hydrogen) atoms. The lowest BCUT2D eigenvalue weighted by molar-refractivity contribution is 0.102. The molecule has 0 spiro atoms. The first-order valence-corrected chi connectivity index (χ1v) is 18.5. The van der Waals surface area contributed by atoms with Crippen LogP contribution in [0, 0.1) is 12.8 Å². The van der Waals surface area contributed by atoms with Gasteiger partial charge in [0, 0.05) is 74.8 Å². The molecule has 0 radical (unpaired) electrons. The minimum absolute atomic E-state index is 0.246. The minimum Gasteiger partial charge on any atom is -0.477 e. The minimum atomic E-state index is -2.36. The van der Waals surface area contributed by atoms with Crippen molar-refractivity contribution in [3.8, 4) is 0 Å². The van der Waals surface area contributed by atoms with Gasteiger partial charge in [-0.05, 0) is 75.9 Å². The molecule has 0 saturated carbocycles. The fourth-order valence-electron chi connectivity index (χ4n) is 6.81. The number of likely N-dealkylation sites (N-methyl/N-ethyl adjacent to an activating group) is 1. The van der Waals surface area contributed by atoms with Gasteiger partial charge in [-0.3, -0.25) is 25.0 Å². The van der Waals surface area contributed by atoms with Gasteiger partial charge in [0.05, 0.1) is 44.3 Å². The molecular weight excluding hydrogens is 615 g/mol. The Balaban J connectivity index is 1.30. The van der Waals surface area contributed by atoms with Gasteiger partial charge >= 0.3 is 0 Å². The number of piperazine rings is 1. The highest BCUT2D eigenvalue weighted by Crippen LogP contribution is 2.30. The van der Waals surface area contributed by atoms with Crippen LogP contribution in [0.5, 0.6) is 0 Å². The maximum Gasteiger partial charge on any atom is 0.258 e. The topological polar surface area (TPSA) is 143 Å². The molecule has 6 rings (SSSR count). The van der Waals surface area contributed by atoms with Crippen molar-refractivity contribution in [1.82, 2.24) is 24.3 Å². The van der Waals surface area contributed by atoms with E-state index in [2.05, 4.69) is 39.1 Å². The highest BCUT2D eigenvalue weighted by atomic mass is 32.2. The van der Waals surface area contributed by atoms with Crippen LogP contribution in [0.1, 0.15) is 54.4 Å². The van der Waals surface area contributed by atoms with Crippen LogP contribution >= 0.6 is 0 Å². The first-order valence-electron chi connectivity index (χ1n) is 16.6. The van der Waals surface area contributed by atoms with Crippen molar-refractivity contribution in [2.75, 3.05) is 63.7 Å². The lowest BCUT2D eigenvalue weighted by Crippen LogP contribution is -2.51. The Morgan fingerprint density at radius 1 is 1.09 bits per heavy atom. The number of aliphatic imine (C=N–C) groups is 1. The van der Waals surface area contributed by atoms with Crippen LogP contribution in [-0.4, -0.2) is 105 Å². The van der Waals surface area contributed by atoms with Gasteiger partial charge in [-0.15, -0.1) is 0 Å². The van der Waals surface area contributed by atoms with Crippen LogP contribution in [0.3, 0.4) is 0 Å². The number of anilines is 1. The molecule has 0 aliphatic carbocycles. The Labute approximate surface area is 277 Å². The van der Waals surface area contributed by atoms with E-state index < -0.39 is 9.73 Å². The second-order valence-corrected chi connectivity index (χ2v) is 15.6. The number of aryl methyl sites for hydroxylation is 1. The van der Waals surface area contributed by atoms with E-state index in [-0.39, 0.29) is 11.8 Å². The zero-order valence-corrected chi connectivity index (χ0v) is 28.8. The highest BCUT2D eigenvalue weighted by Gasteiger charge is 2.29. The molecule has 3 aromatic rings. The van der Waals surface area contributed by atoms with Gasteiger partial charge in [-0.1, -0.05) is 6.92 Å². The number of hydrogen-bond donors (Lipinski definition) is 2. The predicted octanol–water partition coefficient (Wildman–Crippen LogP) is 4.28. The van der Waals surface area contributed by atoms with Crippen LogP contribution in [0.25, 0.3) is 16.6 Å². The summed E-state index contributed by atoms with van der Waals surface area (Å²) in [5.74, 6) is 2.00. The van der Waals surface area contributed by atoms with Crippen LogP contribution in [0.4, 0.5) is 11.6 Å². The van der Waals surface area contributed by atoms with E-state index in [1.165, 1.54) is 6.20 Å². The second-order valence-electron chi connectivity index (χ2n) is 13.1. The third-order valence-corrected chi connectivity index (χ3v) is 11.8. The van der Waals surface area contributed by atoms with Gasteiger partial charge < -0.3 is 19.9 Å². The van der Waals surface area contributed by atoms with Crippen LogP contribution < -0.4 is 11.1 Å². The summed E-state index contributed by atoms with van der Waals surface area (Å²) in [6, 6.07) is 9.68. The van der Waals surface area contributed by atoms with Crippen molar-refractivity contribution < 1.29 is 13.7 Å². The molecular formula is C34H47N9O3S. The summed E-state index contributed by atoms with van der Waals surface area (Å²) in [4.78, 5) is 32.4. The number of nitrogens with two attached hydrogens (primary N) is 1. The molecule has 1 atom stereocenters. The lowest BCUT2D eigenvalue weighted by atomic mass is 10.1. The molecule has 2 fully saturated rings. The van der Waals surface area contributed by atoms with Crippen LogP contribution in [0.15, 0.2) is 45.9 Å². The number of rotatable bonds is 2. The van der Waals surface area contributed by atoms with E-state index in [0.717, 1.165) is 62.9 Å². The Hall–Kier alpha value is -3.81. The largest absolute Gasteiger partial charge is 0.477 e. The van der Waals surface area contributed by atoms with Crippen LogP contribution in [-0.2, 0) is 21.0 Å². The number of amides is 1. The summed E-state index contributed by atoms with van der Waals surface area (Å²) in [5.41, 5.74) is 10.4. The summed E-state index contributed by atoms with van der Waals surface area (Å²) in [6.45, 7) is 9.42. The zero-order chi connectivity index (χ0) is 33.1. The first kappa shape index (κ1) is 33.1. The van der Waals surface area contributed by atoms with E-state index in [9.17, 15) is 9.00 Å². The van der Waals surface area contributed by atoms with E-state index >= 15 is 0 Å². The second kappa shape index (κ2) is 14.1. The zero-order valence-electron chi connectivity index (χ0n) is 27.9. The molecule has 3 aliphatic rings. The van der Waals surface area contributed by atoms with Gasteiger partial charge in [0.15, 0.2) is 0 Å². The number of hydrogen-bond acceptors (Lipinski definition) is 10. The van der Waals surface area contributed by atoms with Gasteiger partial charge in [-0.25, -0.2) is 9.19 Å². The molecule has 1 amide bonds. The van der Waals surface area contributed by atoms with Crippen molar-refractivity contribution in [3.63, 3.8) is 0 Å². The van der Waals surface area contributed by atoms with Crippen molar-refractivity contribution >= 4 is 49.8 Å². The highest BCUT2D eigenvalue weighted by molar-refractivity contribution is 7.93. The molecule has 0 unspecified atom stereocenters. The number of benzene rings is 1. The number of ether oxygens (including phenoxy) is 1. The maximum absolute atomic E-state index is 13.9. The van der Waals surface area contributed by atoms with E-state index in [1.807, 2.05) is 29.7 Å². The molecule has 2 saturated heterocycles. The molecule has 3 aliphatic heterocycles. The van der Waals surface area contributed by atoms with Crippen molar-refractivity contribution in [1.29, 1.82) is 0 Å². The summed E-state index contributed by atoms with van der Waals surface area (Å²) >= 11 is 0. The van der Waals surface area contributed by atoms with Gasteiger partial charge in [0.25, 0.3) is 5.91 Å². The number of carbonyl (C=O) groups excluding carboxylic acids is 1. The van der Waals surface area contributed by atoms with E-state index in [0.29, 0.717) is 70.8 Å². The average molecular weight is 662 g/mol. The van der Waals surface area contributed by atoms with Gasteiger partial charge in [-0.2, -0.15) is 4.36 Å². The number of fused-ring (bicyclic) bond motifs is 5. The predicted molar refractivity (Wildman–Crippen MR) is 189 cm³/mol. The van der Waals surface area contributed by atoms with Crippen LogP contribution in [0.2, 0.25) is 0 Å². The van der Waals surface area contributed by atoms with E-state index in [4.69, 9.17) is 19.8 Å². The molecule has 1 aromatic carbocycles. The number of carbonyl (C=O) groups is 1. The smallest absolute Gasteiger partial charge is 0.258 e. The summed E-state index contributed by atoms with van der Waals surface area (Å²) in [7, 11) is 1.46. The third kappa shape index (κ3) is 7.52. The summed E-state index contributed by atoms with van der Waals surface area (Å²) < 4.78 is 26.9. The quantitative estimate of drug-likeness (QED) is 0.415. The fourth-order valence-corrected chi connectivity index (χ4v) is 8.98. The number of nitrogens with zero attached hydrogens (tertiary/aromatic N) is 7. The van der Waals surface area contributed by atoms with Crippen molar-refractivity contribution in [2.45, 2.75) is 52.1 Å². The number of aromatic nitrogens is 3. The molecule has 13 heteroatoms. The molecule has 2 bridgehead atoms. The Morgan fingerprint density at radius 2 is 1.85 bits per heavy atom. The number of imidazole rings is 1. The molecule has 252 valence electrons. The van der Waals surface area contributed by atoms with Crippen molar-refractivity contribution in [2.24, 2.45) is 21.0 Å². The third-order valence-electron chi connectivity index (χ3n) is 9.49. The Morgan fingerprint density at radius 3 is 2.57 bits per heavy atom. The molecule has 3 N–H and O–H groups in total. The summed E-state index contributed by atoms with van der Waals surface area (Å²) in [5, 5.41) is 3.06. The van der Waals surface area contributed by atoms with E-state index in [1.54, 1.807) is 19.2 Å². The van der Waals surface area contributed by atoms with Crippen molar-refractivity contribution in [3.05, 3.63) is 53.5 Å². The first-order chi connectivity index (χ1) is 22.6. The standard InChI is InChI=1S/C34H47N9O3S/c1-23-6-5-15-46-33(36-3)28(21-35)30-19-25(18-24(2)37-30)32(44)39-34-38-29-8-7-26(20-31(29)43(34)22-23)40-47(45)16-9-27(10-17-47)42-13-11-41(4)12-14-42/h7-8,18-21,23,27H,5-6,9-17,22,35H2,1-4H3,(H,38,39,44)/t23-,27?,47?/m1/s1. The van der Waals surface area contributed by atoms with Gasteiger partial charge in [0.1, 0.15) is 0 Å². The Kier molecular flexibility index (Phi) is 9.95. The normalized spacial score (nSPS) is 27.1. The molecule has 12 nitrogen and oxygen atoms in total. The monoisotopic (exact) mass is 661 g/mol. The number of pyridine rings is 1. The average Bonchev–Trinajstić information content (AvgIpc) is 3.37. The SMILES string of the molecule is CN=C1OCCC[C@@H](C)Cn2c(nc3ccc(N=S4(=O)CCC(N5CCN(C)CC5)CC4)cc32)NC(=O)c2cc(C)nc(c2)C1=CN. The number of nitrogens with one attached hydrogen (secondary N) is 1. The maximum atomic E-state index is 13.9. The Bertz CT molecular complexity index is 1800. The fraction of sp³-hybridized carbons (Fsp3) is 0.529. The van der Waals surface area contributed by atoms with Gasteiger partial charge in [0.2, 0.25) is 11.8 Å². The summed E-state index contributed by atoms with van der Waals surface area (Å²) in [6.07, 6.45) is 4.92. The molecule has 2 aromatic heterocycles. The lowest BCUT2D eigenvalue weighted by Gasteiger charge is -2.40. The molecule has 5 heterocycles.